The Morgan fingerprint density at radius 3 is 2.32 bits per heavy atom. The highest BCUT2D eigenvalue weighted by molar-refractivity contribution is 6.00. The van der Waals surface area contributed by atoms with Crippen LogP contribution in [0.1, 0.15) is 22.8 Å². The van der Waals surface area contributed by atoms with E-state index in [2.05, 4.69) is 0 Å². The maximum absolute atomic E-state index is 12.1. The van der Waals surface area contributed by atoms with Crippen molar-refractivity contribution < 1.29 is 19.1 Å². The monoisotopic (exact) mass is 298 g/mol. The maximum atomic E-state index is 12.1. The first-order valence-corrected chi connectivity index (χ1v) is 7.05. The molecule has 0 aliphatic rings. The summed E-state index contributed by atoms with van der Waals surface area (Å²) in [6, 6.07) is 16.1. The Hall–Kier alpha value is -2.62. The van der Waals surface area contributed by atoms with Crippen molar-refractivity contribution in [3.8, 4) is 5.75 Å². The fourth-order valence-electron chi connectivity index (χ4n) is 1.98. The first-order valence-electron chi connectivity index (χ1n) is 7.05. The number of esters is 1. The van der Waals surface area contributed by atoms with E-state index < -0.39 is 12.1 Å². The van der Waals surface area contributed by atoms with E-state index in [1.165, 1.54) is 0 Å². The normalized spacial score (nSPS) is 11.5. The smallest absolute Gasteiger partial charge is 0.344 e. The average Bonchev–Trinajstić information content (AvgIpc) is 2.54. The summed E-state index contributed by atoms with van der Waals surface area (Å²) < 4.78 is 10.5. The predicted molar refractivity (Wildman–Crippen MR) is 83.0 cm³/mol. The van der Waals surface area contributed by atoms with E-state index in [1.807, 2.05) is 31.2 Å². The summed E-state index contributed by atoms with van der Waals surface area (Å²) in [4.78, 5) is 23.9. The highest BCUT2D eigenvalue weighted by Gasteiger charge is 2.19. The number of hydrogen-bond donors (Lipinski definition) is 0. The van der Waals surface area contributed by atoms with Crippen LogP contribution in [0.15, 0.2) is 54.6 Å². The number of rotatable bonds is 6. The van der Waals surface area contributed by atoms with Gasteiger partial charge in [0.15, 0.2) is 12.7 Å². The lowest BCUT2D eigenvalue weighted by molar-refractivity contribution is -0.148. The number of ketones is 1. The van der Waals surface area contributed by atoms with E-state index in [0.29, 0.717) is 11.3 Å². The molecule has 2 aromatic carbocycles. The standard InChI is InChI=1S/C18H18O4/c1-13-8-6-7-11-16(13)21-12-17(19)22-14(2)18(20)15-9-4-3-5-10-15/h3-11,14H,12H2,1-2H3. The molecule has 2 aromatic rings. The van der Waals surface area contributed by atoms with Gasteiger partial charge in [0, 0.05) is 5.56 Å². The third-order valence-corrected chi connectivity index (χ3v) is 3.17. The molecule has 0 spiro atoms. The summed E-state index contributed by atoms with van der Waals surface area (Å²) in [7, 11) is 0. The van der Waals surface area contributed by atoms with Crippen LogP contribution in [0.3, 0.4) is 0 Å². The molecule has 1 atom stereocenters. The molecule has 22 heavy (non-hydrogen) atoms. The Labute approximate surface area is 129 Å². The molecule has 0 heterocycles. The number of Topliss-reactive ketones (excluding diaryl/α,β-unsaturated/α-hetero) is 1. The Balaban J connectivity index is 1.87. The molecule has 0 fully saturated rings. The second kappa shape index (κ2) is 7.41. The van der Waals surface area contributed by atoms with Crippen LogP contribution < -0.4 is 4.74 Å². The van der Waals surface area contributed by atoms with Crippen molar-refractivity contribution in [1.82, 2.24) is 0 Å². The van der Waals surface area contributed by atoms with Crippen LogP contribution in [-0.2, 0) is 9.53 Å². The zero-order chi connectivity index (χ0) is 15.9. The summed E-state index contributed by atoms with van der Waals surface area (Å²) in [6.45, 7) is 3.22. The zero-order valence-corrected chi connectivity index (χ0v) is 12.6. The summed E-state index contributed by atoms with van der Waals surface area (Å²) in [5, 5.41) is 0. The van der Waals surface area contributed by atoms with Gasteiger partial charge in [-0.3, -0.25) is 4.79 Å². The summed E-state index contributed by atoms with van der Waals surface area (Å²) in [5.41, 5.74) is 1.45. The van der Waals surface area contributed by atoms with E-state index in [-0.39, 0.29) is 12.4 Å². The van der Waals surface area contributed by atoms with Gasteiger partial charge >= 0.3 is 5.97 Å². The van der Waals surface area contributed by atoms with Crippen molar-refractivity contribution in [3.05, 3.63) is 65.7 Å². The molecule has 0 saturated heterocycles. The SMILES string of the molecule is Cc1ccccc1OCC(=O)OC(C)C(=O)c1ccccc1. The molecule has 0 N–H and O–H groups in total. The number of benzene rings is 2. The quantitative estimate of drug-likeness (QED) is 0.607. The maximum Gasteiger partial charge on any atom is 0.344 e. The van der Waals surface area contributed by atoms with Gasteiger partial charge in [0.1, 0.15) is 5.75 Å². The third kappa shape index (κ3) is 4.19. The first-order chi connectivity index (χ1) is 10.6. The summed E-state index contributed by atoms with van der Waals surface area (Å²) >= 11 is 0. The van der Waals surface area contributed by atoms with Gasteiger partial charge in [-0.2, -0.15) is 0 Å². The molecule has 0 amide bonds. The van der Waals surface area contributed by atoms with Gasteiger partial charge in [-0.05, 0) is 25.5 Å². The van der Waals surface area contributed by atoms with E-state index in [1.54, 1.807) is 37.3 Å². The van der Waals surface area contributed by atoms with Crippen LogP contribution in [0, 0.1) is 6.92 Å². The van der Waals surface area contributed by atoms with Gasteiger partial charge in [0.2, 0.25) is 5.78 Å². The summed E-state index contributed by atoms with van der Waals surface area (Å²) in [6.07, 6.45) is -0.838. The molecule has 0 radical (unpaired) electrons. The van der Waals surface area contributed by atoms with Crippen LogP contribution >= 0.6 is 0 Å². The van der Waals surface area contributed by atoms with Crippen LogP contribution in [0.5, 0.6) is 5.75 Å². The average molecular weight is 298 g/mol. The van der Waals surface area contributed by atoms with Crippen LogP contribution in [0.25, 0.3) is 0 Å². The van der Waals surface area contributed by atoms with Gasteiger partial charge in [-0.25, -0.2) is 4.79 Å². The number of hydrogen-bond acceptors (Lipinski definition) is 4. The number of ether oxygens (including phenoxy) is 2. The minimum Gasteiger partial charge on any atom is -0.482 e. The number of carbonyl (C=O) groups is 2. The van der Waals surface area contributed by atoms with Crippen molar-refractivity contribution in [2.75, 3.05) is 6.61 Å². The molecule has 114 valence electrons. The lowest BCUT2D eigenvalue weighted by atomic mass is 10.1. The zero-order valence-electron chi connectivity index (χ0n) is 12.6. The van der Waals surface area contributed by atoms with Gasteiger partial charge in [-0.15, -0.1) is 0 Å². The minimum absolute atomic E-state index is 0.225. The fraction of sp³-hybridized carbons (Fsp3) is 0.222. The topological polar surface area (TPSA) is 52.6 Å². The predicted octanol–water partition coefficient (Wildman–Crippen LogP) is 3.19. The van der Waals surface area contributed by atoms with Gasteiger partial charge in [0.05, 0.1) is 0 Å². The van der Waals surface area contributed by atoms with Crippen molar-refractivity contribution >= 4 is 11.8 Å². The van der Waals surface area contributed by atoms with Crippen LogP contribution in [0.2, 0.25) is 0 Å². The molecule has 0 aliphatic heterocycles. The van der Waals surface area contributed by atoms with Gasteiger partial charge in [-0.1, -0.05) is 48.5 Å². The van der Waals surface area contributed by atoms with Crippen LogP contribution in [-0.4, -0.2) is 24.5 Å². The van der Waals surface area contributed by atoms with Crippen molar-refractivity contribution in [2.24, 2.45) is 0 Å². The van der Waals surface area contributed by atoms with Crippen LogP contribution in [0.4, 0.5) is 0 Å². The molecule has 0 saturated carbocycles. The Kier molecular flexibility index (Phi) is 5.31. The van der Waals surface area contributed by atoms with E-state index in [9.17, 15) is 9.59 Å². The van der Waals surface area contributed by atoms with Gasteiger partial charge < -0.3 is 9.47 Å². The molecule has 4 heteroatoms. The fourth-order valence-corrected chi connectivity index (χ4v) is 1.98. The molecule has 4 nitrogen and oxygen atoms in total. The Morgan fingerprint density at radius 2 is 1.64 bits per heavy atom. The highest BCUT2D eigenvalue weighted by atomic mass is 16.6. The summed E-state index contributed by atoms with van der Waals surface area (Å²) in [5.74, 6) is -0.175. The first kappa shape index (κ1) is 15.8. The Bertz CT molecular complexity index is 649. The van der Waals surface area contributed by atoms with E-state index >= 15 is 0 Å². The van der Waals surface area contributed by atoms with Crippen molar-refractivity contribution in [1.29, 1.82) is 0 Å². The van der Waals surface area contributed by atoms with E-state index in [0.717, 1.165) is 5.56 Å². The highest BCUT2D eigenvalue weighted by Crippen LogP contribution is 2.16. The lowest BCUT2D eigenvalue weighted by Crippen LogP contribution is -2.27. The van der Waals surface area contributed by atoms with Crippen molar-refractivity contribution in [2.45, 2.75) is 20.0 Å². The number of para-hydroxylation sites is 1. The Morgan fingerprint density at radius 1 is 1.00 bits per heavy atom. The lowest BCUT2D eigenvalue weighted by Gasteiger charge is -2.13. The number of aryl methyl sites for hydroxylation is 1. The third-order valence-electron chi connectivity index (χ3n) is 3.17. The van der Waals surface area contributed by atoms with E-state index in [4.69, 9.17) is 9.47 Å². The second-order valence-corrected chi connectivity index (χ2v) is 4.92. The molecule has 2 rings (SSSR count). The molecular formula is C18H18O4. The van der Waals surface area contributed by atoms with Crippen molar-refractivity contribution in [3.63, 3.8) is 0 Å². The largest absolute Gasteiger partial charge is 0.482 e. The molecule has 0 aromatic heterocycles. The van der Waals surface area contributed by atoms with Gasteiger partial charge in [0.25, 0.3) is 0 Å². The molecule has 0 aliphatic carbocycles. The molecule has 1 unspecified atom stereocenters. The molecular weight excluding hydrogens is 280 g/mol. The molecule has 0 bridgehead atoms. The minimum atomic E-state index is -0.838. The number of carbonyl (C=O) groups excluding carboxylic acids is 2. The second-order valence-electron chi connectivity index (χ2n) is 4.92.